The highest BCUT2D eigenvalue weighted by Crippen LogP contribution is 2.22. The van der Waals surface area contributed by atoms with Crippen molar-refractivity contribution in [2.24, 2.45) is 5.41 Å². The average Bonchev–Trinajstić information content (AvgIpc) is 2.45. The van der Waals surface area contributed by atoms with Gasteiger partial charge in [-0.15, -0.1) is 0 Å². The first-order valence-corrected chi connectivity index (χ1v) is 8.06. The van der Waals surface area contributed by atoms with Crippen molar-refractivity contribution in [3.05, 3.63) is 40.9 Å². The van der Waals surface area contributed by atoms with E-state index >= 15 is 0 Å². The monoisotopic (exact) mass is 305 g/mol. The van der Waals surface area contributed by atoms with Gasteiger partial charge in [0.1, 0.15) is 0 Å². The SMILES string of the molecule is CC(C)(CN1CCCCC1)C(=O)/C=C/c1cccc(Cl)c1. The molecule has 0 spiro atoms. The summed E-state index contributed by atoms with van der Waals surface area (Å²) in [5, 5.41) is 0.692. The Morgan fingerprint density at radius 1 is 1.29 bits per heavy atom. The Hall–Kier alpha value is -1.12. The molecule has 1 aliphatic heterocycles. The van der Waals surface area contributed by atoms with Crippen LogP contribution in [-0.2, 0) is 4.79 Å². The summed E-state index contributed by atoms with van der Waals surface area (Å²) in [4.78, 5) is 14.9. The number of rotatable bonds is 5. The zero-order valence-electron chi connectivity index (χ0n) is 12.9. The number of benzene rings is 1. The summed E-state index contributed by atoms with van der Waals surface area (Å²) in [5.74, 6) is 0.174. The third kappa shape index (κ3) is 4.98. The van der Waals surface area contributed by atoms with Gasteiger partial charge < -0.3 is 4.90 Å². The van der Waals surface area contributed by atoms with Crippen LogP contribution < -0.4 is 0 Å². The zero-order chi connectivity index (χ0) is 15.3. The summed E-state index contributed by atoms with van der Waals surface area (Å²) in [6, 6.07) is 7.54. The molecule has 0 aliphatic carbocycles. The van der Waals surface area contributed by atoms with E-state index in [4.69, 9.17) is 11.6 Å². The molecule has 3 heteroatoms. The molecule has 0 saturated carbocycles. The van der Waals surface area contributed by atoms with E-state index in [0.717, 1.165) is 25.2 Å². The molecule has 2 nitrogen and oxygen atoms in total. The topological polar surface area (TPSA) is 20.3 Å². The molecule has 0 unspecified atom stereocenters. The van der Waals surface area contributed by atoms with E-state index in [-0.39, 0.29) is 11.2 Å². The van der Waals surface area contributed by atoms with E-state index in [9.17, 15) is 4.79 Å². The van der Waals surface area contributed by atoms with E-state index in [1.807, 2.05) is 44.2 Å². The van der Waals surface area contributed by atoms with E-state index < -0.39 is 0 Å². The summed E-state index contributed by atoms with van der Waals surface area (Å²) in [5.41, 5.74) is 0.622. The second-order valence-electron chi connectivity index (χ2n) is 6.47. The molecule has 0 radical (unpaired) electrons. The van der Waals surface area contributed by atoms with Crippen LogP contribution in [0.2, 0.25) is 5.02 Å². The van der Waals surface area contributed by atoms with Gasteiger partial charge in [-0.05, 0) is 49.7 Å². The van der Waals surface area contributed by atoms with Crippen molar-refractivity contribution in [1.29, 1.82) is 0 Å². The highest BCUT2D eigenvalue weighted by Gasteiger charge is 2.28. The molecule has 0 amide bonds. The molecular formula is C18H24ClNO. The lowest BCUT2D eigenvalue weighted by Gasteiger charge is -2.33. The molecule has 0 bridgehead atoms. The number of halogens is 1. The molecule has 1 heterocycles. The molecule has 0 atom stereocenters. The Bertz CT molecular complexity index is 516. The van der Waals surface area contributed by atoms with Gasteiger partial charge in [0, 0.05) is 17.0 Å². The molecule has 1 aromatic carbocycles. The number of allylic oxidation sites excluding steroid dienone is 1. The molecule has 0 aromatic heterocycles. The summed E-state index contributed by atoms with van der Waals surface area (Å²) in [6.45, 7) is 7.15. The molecule has 0 N–H and O–H groups in total. The predicted octanol–water partition coefficient (Wildman–Crippen LogP) is 4.43. The lowest BCUT2D eigenvalue weighted by atomic mass is 9.86. The lowest BCUT2D eigenvalue weighted by Crippen LogP contribution is -2.41. The Balaban J connectivity index is 1.97. The second-order valence-corrected chi connectivity index (χ2v) is 6.91. The summed E-state index contributed by atoms with van der Waals surface area (Å²) < 4.78 is 0. The summed E-state index contributed by atoms with van der Waals surface area (Å²) in [7, 11) is 0. The van der Waals surface area contributed by atoms with Crippen LogP contribution in [0.15, 0.2) is 30.3 Å². The second kappa shape index (κ2) is 7.24. The Kier molecular flexibility index (Phi) is 5.60. The number of piperidine rings is 1. The van der Waals surface area contributed by atoms with Gasteiger partial charge in [-0.25, -0.2) is 0 Å². The molecular weight excluding hydrogens is 282 g/mol. The van der Waals surface area contributed by atoms with E-state index in [2.05, 4.69) is 4.90 Å². The van der Waals surface area contributed by atoms with Crippen LogP contribution in [0.4, 0.5) is 0 Å². The third-order valence-corrected chi connectivity index (χ3v) is 4.25. The van der Waals surface area contributed by atoms with Crippen molar-refractivity contribution >= 4 is 23.5 Å². The number of nitrogens with zero attached hydrogens (tertiary/aromatic N) is 1. The normalized spacial score (nSPS) is 17.3. The van der Waals surface area contributed by atoms with Gasteiger partial charge >= 0.3 is 0 Å². The molecule has 21 heavy (non-hydrogen) atoms. The number of ketones is 1. The van der Waals surface area contributed by atoms with Crippen LogP contribution in [0.25, 0.3) is 6.08 Å². The number of likely N-dealkylation sites (tertiary alicyclic amines) is 1. The number of carbonyl (C=O) groups excluding carboxylic acids is 1. The van der Waals surface area contributed by atoms with Gasteiger partial charge in [-0.1, -0.05) is 50.1 Å². The van der Waals surface area contributed by atoms with Crippen molar-refractivity contribution in [1.82, 2.24) is 4.90 Å². The maximum Gasteiger partial charge on any atom is 0.162 e. The molecule has 114 valence electrons. The maximum atomic E-state index is 12.5. The fraction of sp³-hybridized carbons (Fsp3) is 0.500. The van der Waals surface area contributed by atoms with Gasteiger partial charge in [0.15, 0.2) is 5.78 Å². The number of hydrogen-bond acceptors (Lipinski definition) is 2. The minimum atomic E-state index is -0.341. The van der Waals surface area contributed by atoms with Crippen molar-refractivity contribution in [2.45, 2.75) is 33.1 Å². The van der Waals surface area contributed by atoms with Gasteiger partial charge in [0.25, 0.3) is 0 Å². The molecule has 1 aliphatic rings. The van der Waals surface area contributed by atoms with E-state index in [1.165, 1.54) is 19.3 Å². The molecule has 1 saturated heterocycles. The molecule has 1 aromatic rings. The van der Waals surface area contributed by atoms with Crippen LogP contribution in [0.1, 0.15) is 38.7 Å². The van der Waals surface area contributed by atoms with Crippen LogP contribution in [-0.4, -0.2) is 30.3 Å². The van der Waals surface area contributed by atoms with Gasteiger partial charge in [0.05, 0.1) is 0 Å². The Labute approximate surface area is 132 Å². The first kappa shape index (κ1) is 16.3. The standard InChI is InChI=1S/C18H24ClNO/c1-18(2,14-20-11-4-3-5-12-20)17(21)10-9-15-7-6-8-16(19)13-15/h6-10,13H,3-5,11-12,14H2,1-2H3/b10-9+. The highest BCUT2D eigenvalue weighted by molar-refractivity contribution is 6.30. The maximum absolute atomic E-state index is 12.5. The smallest absolute Gasteiger partial charge is 0.162 e. The van der Waals surface area contributed by atoms with Crippen molar-refractivity contribution in [2.75, 3.05) is 19.6 Å². The van der Waals surface area contributed by atoms with Crippen LogP contribution >= 0.6 is 11.6 Å². The lowest BCUT2D eigenvalue weighted by molar-refractivity contribution is -0.123. The minimum Gasteiger partial charge on any atom is -0.302 e. The quantitative estimate of drug-likeness (QED) is 0.750. The van der Waals surface area contributed by atoms with Crippen molar-refractivity contribution < 1.29 is 4.79 Å². The van der Waals surface area contributed by atoms with Gasteiger partial charge in [0.2, 0.25) is 0 Å². The van der Waals surface area contributed by atoms with Crippen LogP contribution in [0.5, 0.6) is 0 Å². The van der Waals surface area contributed by atoms with E-state index in [1.54, 1.807) is 6.08 Å². The zero-order valence-corrected chi connectivity index (χ0v) is 13.7. The fourth-order valence-electron chi connectivity index (χ4n) is 2.76. The highest BCUT2D eigenvalue weighted by atomic mass is 35.5. The summed E-state index contributed by atoms with van der Waals surface area (Å²) >= 11 is 5.95. The minimum absolute atomic E-state index is 0.174. The largest absolute Gasteiger partial charge is 0.302 e. The Morgan fingerprint density at radius 3 is 2.67 bits per heavy atom. The average molecular weight is 306 g/mol. The van der Waals surface area contributed by atoms with Crippen LogP contribution in [0, 0.1) is 5.41 Å². The van der Waals surface area contributed by atoms with Crippen molar-refractivity contribution in [3.8, 4) is 0 Å². The molecule has 1 fully saturated rings. The third-order valence-electron chi connectivity index (χ3n) is 4.01. The first-order chi connectivity index (χ1) is 9.97. The van der Waals surface area contributed by atoms with Gasteiger partial charge in [-0.2, -0.15) is 0 Å². The number of hydrogen-bond donors (Lipinski definition) is 0. The summed E-state index contributed by atoms with van der Waals surface area (Å²) in [6.07, 6.45) is 7.37. The van der Waals surface area contributed by atoms with Gasteiger partial charge in [-0.3, -0.25) is 4.79 Å². The molecule has 2 rings (SSSR count). The fourth-order valence-corrected chi connectivity index (χ4v) is 2.96. The Morgan fingerprint density at radius 2 is 2.00 bits per heavy atom. The predicted molar refractivity (Wildman–Crippen MR) is 89.6 cm³/mol. The van der Waals surface area contributed by atoms with E-state index in [0.29, 0.717) is 5.02 Å². The van der Waals surface area contributed by atoms with Crippen molar-refractivity contribution in [3.63, 3.8) is 0 Å². The van der Waals surface area contributed by atoms with Crippen LogP contribution in [0.3, 0.4) is 0 Å². The first-order valence-electron chi connectivity index (χ1n) is 7.68. The number of carbonyl (C=O) groups is 1.